The maximum Gasteiger partial charge on any atom is 0.237 e. The van der Waals surface area contributed by atoms with Crippen LogP contribution in [0.5, 0.6) is 11.5 Å². The van der Waals surface area contributed by atoms with Crippen LogP contribution in [0.3, 0.4) is 0 Å². The SMILES string of the molecule is CN(CC(=O)N1CCCC1c1ccc2c(c1)OCCO2)C1CCS(=O)(=O)C1. The van der Waals surface area contributed by atoms with Crippen molar-refractivity contribution in [1.82, 2.24) is 9.80 Å². The summed E-state index contributed by atoms with van der Waals surface area (Å²) in [6.07, 6.45) is 2.50. The van der Waals surface area contributed by atoms with Crippen molar-refractivity contribution in [2.24, 2.45) is 0 Å². The third kappa shape index (κ3) is 3.91. The highest BCUT2D eigenvalue weighted by Gasteiger charge is 2.35. The van der Waals surface area contributed by atoms with Gasteiger partial charge in [-0.25, -0.2) is 8.42 Å². The normalized spacial score (nSPS) is 26.5. The Hall–Kier alpha value is -1.80. The van der Waals surface area contributed by atoms with Crippen molar-refractivity contribution in [3.8, 4) is 11.5 Å². The minimum absolute atomic E-state index is 0.0361. The Morgan fingerprint density at radius 2 is 2.00 bits per heavy atom. The van der Waals surface area contributed by atoms with E-state index in [0.717, 1.165) is 36.4 Å². The van der Waals surface area contributed by atoms with Gasteiger partial charge in [0.1, 0.15) is 13.2 Å². The van der Waals surface area contributed by atoms with E-state index in [1.54, 1.807) is 0 Å². The van der Waals surface area contributed by atoms with E-state index in [9.17, 15) is 13.2 Å². The molecule has 1 aromatic carbocycles. The van der Waals surface area contributed by atoms with Crippen LogP contribution in [-0.2, 0) is 14.6 Å². The summed E-state index contributed by atoms with van der Waals surface area (Å²) in [4.78, 5) is 16.7. The van der Waals surface area contributed by atoms with E-state index in [-0.39, 0.29) is 36.0 Å². The first-order valence-electron chi connectivity index (χ1n) is 9.53. The fourth-order valence-corrected chi connectivity index (χ4v) is 6.04. The summed E-state index contributed by atoms with van der Waals surface area (Å²) in [7, 11) is -1.10. The Balaban J connectivity index is 1.44. The topological polar surface area (TPSA) is 76.2 Å². The van der Waals surface area contributed by atoms with Crippen LogP contribution in [0.15, 0.2) is 18.2 Å². The van der Waals surface area contributed by atoms with E-state index >= 15 is 0 Å². The molecule has 0 spiro atoms. The lowest BCUT2D eigenvalue weighted by atomic mass is 10.0. The molecule has 1 aromatic rings. The van der Waals surface area contributed by atoms with Crippen LogP contribution in [0.25, 0.3) is 0 Å². The van der Waals surface area contributed by atoms with Crippen molar-refractivity contribution < 1.29 is 22.7 Å². The Morgan fingerprint density at radius 3 is 2.74 bits per heavy atom. The van der Waals surface area contributed by atoms with Gasteiger partial charge >= 0.3 is 0 Å². The van der Waals surface area contributed by atoms with Crippen LogP contribution in [0.2, 0.25) is 0 Å². The molecule has 2 unspecified atom stereocenters. The second-order valence-electron chi connectivity index (χ2n) is 7.62. The van der Waals surface area contributed by atoms with Crippen molar-refractivity contribution in [2.75, 3.05) is 44.9 Å². The highest BCUT2D eigenvalue weighted by atomic mass is 32.2. The van der Waals surface area contributed by atoms with Crippen LogP contribution in [-0.4, -0.2) is 75.0 Å². The average molecular weight is 394 g/mol. The highest BCUT2D eigenvalue weighted by Crippen LogP contribution is 2.38. The number of carbonyl (C=O) groups is 1. The van der Waals surface area contributed by atoms with E-state index in [1.807, 2.05) is 35.0 Å². The zero-order valence-electron chi connectivity index (χ0n) is 15.6. The molecule has 0 bridgehead atoms. The lowest BCUT2D eigenvalue weighted by Gasteiger charge is -2.30. The number of benzene rings is 1. The van der Waals surface area contributed by atoms with Gasteiger partial charge < -0.3 is 14.4 Å². The molecular formula is C19H26N2O5S. The first kappa shape index (κ1) is 18.6. The van der Waals surface area contributed by atoms with Crippen LogP contribution in [0.1, 0.15) is 30.9 Å². The molecule has 8 heteroatoms. The largest absolute Gasteiger partial charge is 0.486 e. The number of nitrogens with zero attached hydrogens (tertiary/aromatic N) is 2. The Kier molecular flexibility index (Phi) is 5.03. The number of hydrogen-bond acceptors (Lipinski definition) is 6. The standard InChI is InChI=1S/C19H26N2O5S/c1-20(15-6-10-27(23,24)13-15)12-19(22)21-7-2-3-16(21)14-4-5-17-18(11-14)26-9-8-25-17/h4-5,11,15-16H,2-3,6-10,12-13H2,1H3. The van der Waals surface area contributed by atoms with Crippen LogP contribution < -0.4 is 9.47 Å². The second kappa shape index (κ2) is 7.31. The Morgan fingerprint density at radius 1 is 1.22 bits per heavy atom. The van der Waals surface area contributed by atoms with E-state index < -0.39 is 9.84 Å². The Labute approximate surface area is 160 Å². The third-order valence-electron chi connectivity index (χ3n) is 5.74. The summed E-state index contributed by atoms with van der Waals surface area (Å²) in [5, 5.41) is 0. The van der Waals surface area contributed by atoms with Crippen molar-refractivity contribution in [3.05, 3.63) is 23.8 Å². The fourth-order valence-electron chi connectivity index (χ4n) is 4.24. The molecule has 2 saturated heterocycles. The van der Waals surface area contributed by atoms with Gasteiger partial charge in [0.25, 0.3) is 0 Å². The number of fused-ring (bicyclic) bond motifs is 1. The molecule has 0 aliphatic carbocycles. The van der Waals surface area contributed by atoms with Gasteiger partial charge in [0.15, 0.2) is 21.3 Å². The molecule has 3 heterocycles. The second-order valence-corrected chi connectivity index (χ2v) is 9.85. The molecule has 27 heavy (non-hydrogen) atoms. The number of ether oxygens (including phenoxy) is 2. The Bertz CT molecular complexity index is 825. The maximum atomic E-state index is 12.9. The zero-order chi connectivity index (χ0) is 19.0. The van der Waals surface area contributed by atoms with Gasteiger partial charge in [0.2, 0.25) is 5.91 Å². The molecule has 0 saturated carbocycles. The number of rotatable bonds is 4. The smallest absolute Gasteiger partial charge is 0.237 e. The third-order valence-corrected chi connectivity index (χ3v) is 7.49. The molecule has 0 radical (unpaired) electrons. The van der Waals surface area contributed by atoms with E-state index in [0.29, 0.717) is 19.6 Å². The molecule has 2 fully saturated rings. The fraction of sp³-hybridized carbons (Fsp3) is 0.632. The number of amides is 1. The average Bonchev–Trinajstić information content (AvgIpc) is 3.27. The van der Waals surface area contributed by atoms with Crippen LogP contribution >= 0.6 is 0 Å². The minimum Gasteiger partial charge on any atom is -0.486 e. The molecule has 3 aliphatic rings. The predicted molar refractivity (Wildman–Crippen MR) is 101 cm³/mol. The quantitative estimate of drug-likeness (QED) is 0.765. The van der Waals surface area contributed by atoms with Crippen molar-refractivity contribution >= 4 is 15.7 Å². The monoisotopic (exact) mass is 394 g/mol. The lowest BCUT2D eigenvalue weighted by Crippen LogP contribution is -2.43. The minimum atomic E-state index is -2.95. The highest BCUT2D eigenvalue weighted by molar-refractivity contribution is 7.91. The number of sulfone groups is 1. The maximum absolute atomic E-state index is 12.9. The summed E-state index contributed by atoms with van der Waals surface area (Å²) in [6, 6.07) is 5.89. The van der Waals surface area contributed by atoms with Crippen molar-refractivity contribution in [3.63, 3.8) is 0 Å². The molecule has 7 nitrogen and oxygen atoms in total. The van der Waals surface area contributed by atoms with Gasteiger partial charge in [-0.2, -0.15) is 0 Å². The summed E-state index contributed by atoms with van der Waals surface area (Å²) < 4.78 is 34.7. The summed E-state index contributed by atoms with van der Waals surface area (Å²) in [6.45, 7) is 2.08. The summed E-state index contributed by atoms with van der Waals surface area (Å²) in [5.74, 6) is 1.93. The number of hydrogen-bond donors (Lipinski definition) is 0. The number of likely N-dealkylation sites (N-methyl/N-ethyl adjacent to an activating group) is 1. The van der Waals surface area contributed by atoms with Crippen molar-refractivity contribution in [1.29, 1.82) is 0 Å². The number of likely N-dealkylation sites (tertiary alicyclic amines) is 1. The van der Waals surface area contributed by atoms with E-state index in [2.05, 4.69) is 0 Å². The van der Waals surface area contributed by atoms with Gasteiger partial charge in [-0.3, -0.25) is 9.69 Å². The summed E-state index contributed by atoms with van der Waals surface area (Å²) >= 11 is 0. The molecule has 0 aromatic heterocycles. The van der Waals surface area contributed by atoms with Gasteiger partial charge in [0.05, 0.1) is 24.1 Å². The molecule has 2 atom stereocenters. The summed E-state index contributed by atoms with van der Waals surface area (Å²) in [5.41, 5.74) is 1.07. The molecule has 148 valence electrons. The number of carbonyl (C=O) groups excluding carboxylic acids is 1. The lowest BCUT2D eigenvalue weighted by molar-refractivity contribution is -0.133. The van der Waals surface area contributed by atoms with Gasteiger partial charge in [-0.15, -0.1) is 0 Å². The van der Waals surface area contributed by atoms with Crippen molar-refractivity contribution in [2.45, 2.75) is 31.3 Å². The zero-order valence-corrected chi connectivity index (χ0v) is 16.4. The van der Waals surface area contributed by atoms with Gasteiger partial charge in [0, 0.05) is 12.6 Å². The molecule has 1 amide bonds. The molecular weight excluding hydrogens is 368 g/mol. The predicted octanol–water partition coefficient (Wildman–Crippen LogP) is 1.24. The molecule has 0 N–H and O–H groups in total. The van der Waals surface area contributed by atoms with Gasteiger partial charge in [-0.1, -0.05) is 6.07 Å². The molecule has 4 rings (SSSR count). The van der Waals surface area contributed by atoms with Crippen LogP contribution in [0, 0.1) is 0 Å². The van der Waals surface area contributed by atoms with Gasteiger partial charge in [-0.05, 0) is 44.0 Å². The van der Waals surface area contributed by atoms with E-state index in [4.69, 9.17) is 9.47 Å². The molecule has 3 aliphatic heterocycles. The first-order chi connectivity index (χ1) is 12.9. The van der Waals surface area contributed by atoms with E-state index in [1.165, 1.54) is 0 Å². The first-order valence-corrected chi connectivity index (χ1v) is 11.3. The van der Waals surface area contributed by atoms with Crippen LogP contribution in [0.4, 0.5) is 0 Å².